The normalized spacial score (nSPS) is 15.2. The number of alkyl halides is 13. The van der Waals surface area contributed by atoms with Gasteiger partial charge in [0.15, 0.2) is 6.54 Å². The molecule has 0 unspecified atom stereocenters. The van der Waals surface area contributed by atoms with Gasteiger partial charge in [-0.1, -0.05) is 0 Å². The van der Waals surface area contributed by atoms with Crippen LogP contribution in [0.5, 0.6) is 0 Å². The Bertz CT molecular complexity index is 983. The molecule has 0 bridgehead atoms. The molecule has 226 valence electrons. The molecule has 0 radical (unpaired) electrons. The molecule has 0 rings (SSSR count). The molecule has 0 amide bonds. The number of quaternary nitrogens is 1. The first-order valence-electron chi connectivity index (χ1n) is 9.65. The molecule has 0 heterocycles. The Hall–Kier alpha value is -2.10. The lowest BCUT2D eigenvalue weighted by Gasteiger charge is -2.40. The number of rotatable bonds is 15. The van der Waals surface area contributed by atoms with Crippen molar-refractivity contribution in [3.63, 3.8) is 0 Å². The van der Waals surface area contributed by atoms with Gasteiger partial charge in [0.2, 0.25) is 0 Å². The van der Waals surface area contributed by atoms with Crippen molar-refractivity contribution in [2.24, 2.45) is 0 Å². The molecule has 0 aliphatic carbocycles. The van der Waals surface area contributed by atoms with Gasteiger partial charge < -0.3 is 14.7 Å². The number of likely N-dealkylation sites (N-methyl/N-ethyl adjacent to an activating group) is 1. The van der Waals surface area contributed by atoms with Crippen molar-refractivity contribution < 1.29 is 89.8 Å². The van der Waals surface area contributed by atoms with Crippen LogP contribution in [0.4, 0.5) is 57.1 Å². The minimum atomic E-state index is -8.35. The van der Waals surface area contributed by atoms with Crippen molar-refractivity contribution in [2.45, 2.75) is 48.0 Å². The summed E-state index contributed by atoms with van der Waals surface area (Å²) in [6.07, 6.45) is -9.93. The van der Waals surface area contributed by atoms with Crippen LogP contribution in [0.15, 0.2) is 0 Å². The first-order valence-corrected chi connectivity index (χ1v) is 11.1. The molecule has 38 heavy (non-hydrogen) atoms. The molecule has 0 aliphatic heterocycles. The second kappa shape index (κ2) is 10.8. The van der Waals surface area contributed by atoms with Gasteiger partial charge in [-0.2, -0.15) is 61.4 Å². The summed E-state index contributed by atoms with van der Waals surface area (Å²) in [6, 6.07) is 0. The molecule has 0 saturated heterocycles. The SMILES string of the molecule is C[N+](C)(CCCN(CCC(=O)O)S(=O)(=O)C(F)(F)C(F)(F)C(F)(F)C(F)(F)C(F)(F)C(F)(F)F)CC(=O)O. The lowest BCUT2D eigenvalue weighted by molar-refractivity contribution is -0.883. The molecular weight excluding hydrogens is 595 g/mol. The molecule has 0 spiro atoms. The van der Waals surface area contributed by atoms with Gasteiger partial charge in [0.25, 0.3) is 10.0 Å². The van der Waals surface area contributed by atoms with Crippen molar-refractivity contribution in [3.8, 4) is 0 Å². The van der Waals surface area contributed by atoms with Gasteiger partial charge in [0, 0.05) is 19.5 Å². The molecule has 0 saturated carbocycles. The summed E-state index contributed by atoms with van der Waals surface area (Å²) < 4.78 is 196. The van der Waals surface area contributed by atoms with E-state index in [1.54, 1.807) is 0 Å². The van der Waals surface area contributed by atoms with E-state index in [1.807, 2.05) is 0 Å². The van der Waals surface area contributed by atoms with Gasteiger partial charge in [-0.3, -0.25) is 4.79 Å². The predicted molar refractivity (Wildman–Crippen MR) is 97.6 cm³/mol. The average molecular weight is 615 g/mol. The Balaban J connectivity index is 6.56. The molecule has 2 N–H and O–H groups in total. The van der Waals surface area contributed by atoms with E-state index in [0.29, 0.717) is 0 Å². The van der Waals surface area contributed by atoms with Crippen molar-refractivity contribution in [3.05, 3.63) is 0 Å². The van der Waals surface area contributed by atoms with Gasteiger partial charge in [0.1, 0.15) is 0 Å². The number of carboxylic acids is 2. The summed E-state index contributed by atoms with van der Waals surface area (Å²) in [4.78, 5) is 21.5. The van der Waals surface area contributed by atoms with Gasteiger partial charge >= 0.3 is 47.1 Å². The Morgan fingerprint density at radius 2 is 1.13 bits per heavy atom. The zero-order chi connectivity index (χ0) is 31.0. The van der Waals surface area contributed by atoms with Crippen LogP contribution in [0.25, 0.3) is 0 Å². The molecule has 0 aromatic carbocycles. The highest BCUT2D eigenvalue weighted by Gasteiger charge is 2.92. The van der Waals surface area contributed by atoms with E-state index in [0.717, 1.165) is 0 Å². The minimum absolute atomic E-state index is 0.473. The van der Waals surface area contributed by atoms with Gasteiger partial charge in [-0.15, -0.1) is 0 Å². The van der Waals surface area contributed by atoms with Crippen molar-refractivity contribution in [1.29, 1.82) is 0 Å². The predicted octanol–water partition coefficient (Wildman–Crippen LogP) is 3.34. The van der Waals surface area contributed by atoms with E-state index in [4.69, 9.17) is 10.2 Å². The maximum Gasteiger partial charge on any atom is 0.460 e. The van der Waals surface area contributed by atoms with E-state index in [1.165, 1.54) is 14.1 Å². The van der Waals surface area contributed by atoms with Crippen LogP contribution < -0.4 is 0 Å². The Kier molecular flexibility index (Phi) is 10.2. The zero-order valence-electron chi connectivity index (χ0n) is 19.0. The highest BCUT2D eigenvalue weighted by atomic mass is 32.2. The van der Waals surface area contributed by atoms with Gasteiger partial charge in [-0.25, -0.2) is 13.2 Å². The van der Waals surface area contributed by atoms with Crippen LogP contribution in [-0.2, 0) is 19.6 Å². The van der Waals surface area contributed by atoms with Gasteiger partial charge in [0.05, 0.1) is 27.1 Å². The second-order valence-corrected chi connectivity index (χ2v) is 10.4. The van der Waals surface area contributed by atoms with Crippen LogP contribution in [0.1, 0.15) is 12.8 Å². The Labute approximate surface area is 205 Å². The monoisotopic (exact) mass is 615 g/mol. The quantitative estimate of drug-likeness (QED) is 0.216. The largest absolute Gasteiger partial charge is 0.481 e. The topological polar surface area (TPSA) is 112 Å². The molecule has 0 fully saturated rings. The first-order chi connectivity index (χ1) is 16.4. The van der Waals surface area contributed by atoms with Crippen LogP contribution in [-0.4, -0.2) is 115 Å². The second-order valence-electron chi connectivity index (χ2n) is 8.42. The molecule has 0 aromatic rings. The van der Waals surface area contributed by atoms with E-state index >= 15 is 0 Å². The number of aliphatic carboxylic acids is 2. The molecule has 0 aliphatic rings. The van der Waals surface area contributed by atoms with Crippen LogP contribution in [0.2, 0.25) is 0 Å². The Morgan fingerprint density at radius 1 is 0.711 bits per heavy atom. The standard InChI is InChI=1S/C16H19F13N2O6S/c1-31(2,8-10(34)35)7-3-5-30(6-4-9(32)33)38(36,37)16(28,29)14(23,24)12(19,20)11(17,18)13(21,22)15(25,26)27/h3-8H2,1-2H3,(H-,32,33,34,35)/p+1. The van der Waals surface area contributed by atoms with Crippen LogP contribution in [0, 0.1) is 0 Å². The molecular formula is C16H20F13N2O6S+. The third kappa shape index (κ3) is 6.54. The fourth-order valence-corrected chi connectivity index (χ4v) is 4.25. The number of halogens is 13. The summed E-state index contributed by atoms with van der Waals surface area (Å²) in [6.45, 7) is -4.30. The highest BCUT2D eigenvalue weighted by Crippen LogP contribution is 2.61. The molecule has 0 aromatic heterocycles. The first kappa shape index (κ1) is 35.9. The third-order valence-corrected chi connectivity index (χ3v) is 6.83. The van der Waals surface area contributed by atoms with E-state index < -0.39 is 105 Å². The number of hydrogen-bond donors (Lipinski definition) is 2. The summed E-state index contributed by atoms with van der Waals surface area (Å²) in [5.41, 5.74) is 0. The fourth-order valence-electron chi connectivity index (χ4n) is 2.77. The van der Waals surface area contributed by atoms with E-state index in [-0.39, 0.29) is 0 Å². The van der Waals surface area contributed by atoms with Gasteiger partial charge in [-0.05, 0) is 0 Å². The highest BCUT2D eigenvalue weighted by molar-refractivity contribution is 7.90. The average Bonchev–Trinajstić information content (AvgIpc) is 2.67. The maximum absolute atomic E-state index is 14.3. The third-order valence-electron chi connectivity index (χ3n) is 4.88. The van der Waals surface area contributed by atoms with Crippen molar-refractivity contribution in [2.75, 3.05) is 40.3 Å². The number of sulfonamides is 1. The minimum Gasteiger partial charge on any atom is -0.481 e. The number of hydrogen-bond acceptors (Lipinski definition) is 4. The number of carboxylic acid groups (broad SMARTS) is 2. The molecule has 22 heteroatoms. The lowest BCUT2D eigenvalue weighted by atomic mass is 9.98. The summed E-state index contributed by atoms with van der Waals surface area (Å²) in [5, 5.41) is 9.86. The smallest absolute Gasteiger partial charge is 0.460 e. The molecule has 0 atom stereocenters. The van der Waals surface area contributed by atoms with E-state index in [9.17, 15) is 75.1 Å². The fraction of sp³-hybridized carbons (Fsp3) is 0.875. The van der Waals surface area contributed by atoms with E-state index in [2.05, 4.69) is 0 Å². The Morgan fingerprint density at radius 3 is 1.50 bits per heavy atom. The summed E-state index contributed by atoms with van der Waals surface area (Å²) >= 11 is 0. The molecule has 8 nitrogen and oxygen atoms in total. The summed E-state index contributed by atoms with van der Waals surface area (Å²) in [5.74, 6) is -36.3. The van der Waals surface area contributed by atoms with Crippen LogP contribution in [0.3, 0.4) is 0 Å². The maximum atomic E-state index is 14.3. The number of carbonyl (C=O) groups is 2. The van der Waals surface area contributed by atoms with Crippen LogP contribution >= 0.6 is 0 Å². The van der Waals surface area contributed by atoms with Crippen molar-refractivity contribution >= 4 is 22.0 Å². The lowest BCUT2D eigenvalue weighted by Crippen LogP contribution is -2.72. The van der Waals surface area contributed by atoms with Crippen molar-refractivity contribution in [1.82, 2.24) is 4.31 Å². The summed E-state index contributed by atoms with van der Waals surface area (Å²) in [7, 11) is -5.04. The number of nitrogens with zero attached hydrogens (tertiary/aromatic N) is 2. The zero-order valence-corrected chi connectivity index (χ0v) is 19.8.